The molecule has 0 saturated heterocycles. The van der Waals surface area contributed by atoms with Crippen LogP contribution >= 0.6 is 11.3 Å². The van der Waals surface area contributed by atoms with Crippen LogP contribution in [0.25, 0.3) is 0 Å². The van der Waals surface area contributed by atoms with E-state index in [1.807, 2.05) is 30.2 Å². The molecule has 0 bridgehead atoms. The van der Waals surface area contributed by atoms with Crippen LogP contribution in [0.1, 0.15) is 22.6 Å². The van der Waals surface area contributed by atoms with Crippen molar-refractivity contribution in [2.75, 3.05) is 20.3 Å². The van der Waals surface area contributed by atoms with Gasteiger partial charge in [-0.15, -0.1) is 0 Å². The first kappa shape index (κ1) is 15.7. The number of thiophene rings is 1. The molecule has 2 heterocycles. The zero-order valence-electron chi connectivity index (χ0n) is 12.6. The number of aromatic nitrogens is 1. The summed E-state index contributed by atoms with van der Waals surface area (Å²) in [6.45, 7) is 5.40. The lowest BCUT2D eigenvalue weighted by Gasteiger charge is -2.22. The zero-order chi connectivity index (χ0) is 15.2. The quantitative estimate of drug-likeness (QED) is 0.789. The fraction of sp³-hybridized carbons (Fsp3) is 0.467. The lowest BCUT2D eigenvalue weighted by Crippen LogP contribution is -2.34. The van der Waals surface area contributed by atoms with Crippen LogP contribution in [-0.2, 0) is 22.5 Å². The predicted molar refractivity (Wildman–Crippen MR) is 81.3 cm³/mol. The van der Waals surface area contributed by atoms with E-state index < -0.39 is 0 Å². The van der Waals surface area contributed by atoms with Gasteiger partial charge < -0.3 is 14.2 Å². The Hall–Kier alpha value is -1.66. The third kappa shape index (κ3) is 4.15. The third-order valence-electron chi connectivity index (χ3n) is 3.38. The predicted octanol–water partition coefficient (Wildman–Crippen LogP) is 2.57. The second-order valence-electron chi connectivity index (χ2n) is 4.92. The van der Waals surface area contributed by atoms with Crippen molar-refractivity contribution in [2.45, 2.75) is 26.8 Å². The maximum atomic E-state index is 12.6. The Morgan fingerprint density at radius 3 is 2.86 bits per heavy atom. The Labute approximate surface area is 128 Å². The monoisotopic (exact) mass is 308 g/mol. The normalized spacial score (nSPS) is 10.8. The maximum absolute atomic E-state index is 12.6. The highest BCUT2D eigenvalue weighted by molar-refractivity contribution is 7.07. The van der Waals surface area contributed by atoms with Crippen LogP contribution in [0.15, 0.2) is 21.3 Å². The number of methoxy groups -OCH3 is 1. The molecule has 114 valence electrons. The smallest absolute Gasteiger partial charge is 0.227 e. The Balaban J connectivity index is 2.06. The topological polar surface area (TPSA) is 55.6 Å². The van der Waals surface area contributed by atoms with E-state index in [0.29, 0.717) is 31.9 Å². The molecule has 0 N–H and O–H groups in total. The number of carbonyl (C=O) groups is 1. The van der Waals surface area contributed by atoms with Gasteiger partial charge in [-0.3, -0.25) is 4.79 Å². The van der Waals surface area contributed by atoms with Crippen molar-refractivity contribution in [1.82, 2.24) is 10.1 Å². The maximum Gasteiger partial charge on any atom is 0.227 e. The molecule has 0 aromatic carbocycles. The van der Waals surface area contributed by atoms with Crippen LogP contribution in [0.4, 0.5) is 0 Å². The van der Waals surface area contributed by atoms with Gasteiger partial charge in [0.05, 0.1) is 18.7 Å². The molecular weight excluding hydrogens is 288 g/mol. The van der Waals surface area contributed by atoms with Gasteiger partial charge >= 0.3 is 0 Å². The Bertz CT molecular complexity index is 558. The highest BCUT2D eigenvalue weighted by Crippen LogP contribution is 2.16. The standard InChI is InChI=1S/C15H20N2O3S/c1-11-14(12(2)20-16-11)8-15(18)17(5-6-19-3)9-13-4-7-21-10-13/h4,7,10H,5-6,8-9H2,1-3H3. The van der Waals surface area contributed by atoms with E-state index >= 15 is 0 Å². The minimum Gasteiger partial charge on any atom is -0.383 e. The summed E-state index contributed by atoms with van der Waals surface area (Å²) in [6, 6.07) is 2.04. The second kappa shape index (κ2) is 7.38. The van der Waals surface area contributed by atoms with Crippen molar-refractivity contribution in [3.05, 3.63) is 39.4 Å². The largest absolute Gasteiger partial charge is 0.383 e. The zero-order valence-corrected chi connectivity index (χ0v) is 13.4. The van der Waals surface area contributed by atoms with Gasteiger partial charge in [0.25, 0.3) is 0 Å². The summed E-state index contributed by atoms with van der Waals surface area (Å²) in [5.74, 6) is 0.774. The Kier molecular flexibility index (Phi) is 5.52. The summed E-state index contributed by atoms with van der Waals surface area (Å²) in [5, 5.41) is 7.97. The number of carbonyl (C=O) groups excluding carboxylic acids is 1. The molecule has 5 nitrogen and oxygen atoms in total. The third-order valence-corrected chi connectivity index (χ3v) is 4.11. The summed E-state index contributed by atoms with van der Waals surface area (Å²) < 4.78 is 10.2. The lowest BCUT2D eigenvalue weighted by atomic mass is 10.1. The van der Waals surface area contributed by atoms with Gasteiger partial charge in [-0.2, -0.15) is 11.3 Å². The molecule has 0 fully saturated rings. The summed E-state index contributed by atoms with van der Waals surface area (Å²) >= 11 is 1.63. The lowest BCUT2D eigenvalue weighted by molar-refractivity contribution is -0.131. The van der Waals surface area contributed by atoms with E-state index in [1.165, 1.54) is 0 Å². The van der Waals surface area contributed by atoms with E-state index in [1.54, 1.807) is 18.4 Å². The number of aryl methyl sites for hydroxylation is 2. The Morgan fingerprint density at radius 2 is 2.29 bits per heavy atom. The van der Waals surface area contributed by atoms with E-state index in [0.717, 1.165) is 16.8 Å². The molecule has 0 aliphatic rings. The molecule has 0 unspecified atom stereocenters. The number of ether oxygens (including phenoxy) is 1. The summed E-state index contributed by atoms with van der Waals surface area (Å²) in [5.41, 5.74) is 2.80. The molecule has 0 radical (unpaired) electrons. The molecule has 0 saturated carbocycles. The van der Waals surface area contributed by atoms with Crippen LogP contribution in [0.3, 0.4) is 0 Å². The molecule has 6 heteroatoms. The number of hydrogen-bond donors (Lipinski definition) is 0. The number of nitrogens with zero attached hydrogens (tertiary/aromatic N) is 2. The number of hydrogen-bond acceptors (Lipinski definition) is 5. The average Bonchev–Trinajstić information content (AvgIpc) is 3.08. The first-order valence-corrected chi connectivity index (χ1v) is 7.75. The molecular formula is C15H20N2O3S. The van der Waals surface area contributed by atoms with Gasteiger partial charge in [-0.1, -0.05) is 5.16 Å². The van der Waals surface area contributed by atoms with Crippen molar-refractivity contribution >= 4 is 17.2 Å². The van der Waals surface area contributed by atoms with Crippen molar-refractivity contribution in [1.29, 1.82) is 0 Å². The van der Waals surface area contributed by atoms with Gasteiger partial charge in [0, 0.05) is 25.8 Å². The molecule has 2 rings (SSSR count). The fourth-order valence-electron chi connectivity index (χ4n) is 2.11. The number of amides is 1. The van der Waals surface area contributed by atoms with Gasteiger partial charge in [0.1, 0.15) is 5.76 Å². The van der Waals surface area contributed by atoms with Crippen LogP contribution < -0.4 is 0 Å². The molecule has 0 spiro atoms. The summed E-state index contributed by atoms with van der Waals surface area (Å²) in [6.07, 6.45) is 0.315. The number of rotatable bonds is 7. The molecule has 21 heavy (non-hydrogen) atoms. The summed E-state index contributed by atoms with van der Waals surface area (Å²) in [7, 11) is 1.64. The van der Waals surface area contributed by atoms with Crippen LogP contribution in [0, 0.1) is 13.8 Å². The highest BCUT2D eigenvalue weighted by atomic mass is 32.1. The minimum atomic E-state index is 0.0626. The first-order valence-electron chi connectivity index (χ1n) is 6.81. The van der Waals surface area contributed by atoms with Crippen molar-refractivity contribution in [3.8, 4) is 0 Å². The van der Waals surface area contributed by atoms with Crippen molar-refractivity contribution in [3.63, 3.8) is 0 Å². The van der Waals surface area contributed by atoms with Gasteiger partial charge in [-0.25, -0.2) is 0 Å². The molecule has 2 aromatic heterocycles. The van der Waals surface area contributed by atoms with Crippen molar-refractivity contribution in [2.24, 2.45) is 0 Å². The SMILES string of the molecule is COCCN(Cc1ccsc1)C(=O)Cc1c(C)noc1C. The van der Waals surface area contributed by atoms with E-state index in [-0.39, 0.29) is 5.91 Å². The fourth-order valence-corrected chi connectivity index (χ4v) is 2.77. The molecule has 0 aliphatic carbocycles. The molecule has 0 atom stereocenters. The molecule has 2 aromatic rings. The van der Waals surface area contributed by atoms with Crippen LogP contribution in [0.2, 0.25) is 0 Å². The molecule has 0 aliphatic heterocycles. The van der Waals surface area contributed by atoms with Gasteiger partial charge in [0.2, 0.25) is 5.91 Å². The van der Waals surface area contributed by atoms with Gasteiger partial charge in [0.15, 0.2) is 0 Å². The minimum absolute atomic E-state index is 0.0626. The highest BCUT2D eigenvalue weighted by Gasteiger charge is 2.19. The van der Waals surface area contributed by atoms with Crippen LogP contribution in [0.5, 0.6) is 0 Å². The second-order valence-corrected chi connectivity index (χ2v) is 5.70. The van der Waals surface area contributed by atoms with E-state index in [4.69, 9.17) is 9.26 Å². The average molecular weight is 308 g/mol. The van der Waals surface area contributed by atoms with Gasteiger partial charge in [-0.05, 0) is 36.2 Å². The Morgan fingerprint density at radius 1 is 1.48 bits per heavy atom. The van der Waals surface area contributed by atoms with E-state index in [9.17, 15) is 4.79 Å². The van der Waals surface area contributed by atoms with E-state index in [2.05, 4.69) is 10.5 Å². The van der Waals surface area contributed by atoms with Crippen molar-refractivity contribution < 1.29 is 14.1 Å². The first-order chi connectivity index (χ1) is 10.1. The van der Waals surface area contributed by atoms with Crippen LogP contribution in [-0.4, -0.2) is 36.2 Å². The summed E-state index contributed by atoms with van der Waals surface area (Å²) in [4.78, 5) is 14.4. The molecule has 1 amide bonds.